The lowest BCUT2D eigenvalue weighted by molar-refractivity contribution is 0.381. The molecule has 0 aromatic carbocycles. The molecule has 0 aliphatic heterocycles. The minimum Gasteiger partial charge on any atom is -0.350 e. The summed E-state index contributed by atoms with van der Waals surface area (Å²) in [4.78, 5) is 2.19. The third kappa shape index (κ3) is 3.20. The summed E-state index contributed by atoms with van der Waals surface area (Å²) in [5, 5.41) is 0. The zero-order valence-corrected chi connectivity index (χ0v) is 8.53. The van der Waals surface area contributed by atoms with Gasteiger partial charge in [-0.2, -0.15) is 0 Å². The van der Waals surface area contributed by atoms with Crippen LogP contribution < -0.4 is 5.73 Å². The Morgan fingerprint density at radius 2 is 2.23 bits per heavy atom. The molecule has 13 heavy (non-hydrogen) atoms. The second-order valence-corrected chi connectivity index (χ2v) is 3.53. The average Bonchev–Trinajstić information content (AvgIpc) is 2.49. The smallest absolute Gasteiger partial charge is 0.0349 e. The minimum atomic E-state index is 0.728. The van der Waals surface area contributed by atoms with Gasteiger partial charge in [-0.15, -0.1) is 0 Å². The van der Waals surface area contributed by atoms with Crippen LogP contribution in [0.15, 0.2) is 18.3 Å². The van der Waals surface area contributed by atoms with E-state index in [-0.39, 0.29) is 0 Å². The van der Waals surface area contributed by atoms with Gasteiger partial charge in [0.15, 0.2) is 0 Å². The maximum Gasteiger partial charge on any atom is 0.0349 e. The van der Waals surface area contributed by atoms with E-state index in [4.69, 9.17) is 5.73 Å². The van der Waals surface area contributed by atoms with E-state index < -0.39 is 0 Å². The molecule has 0 saturated carbocycles. The molecule has 3 heteroatoms. The summed E-state index contributed by atoms with van der Waals surface area (Å²) in [6, 6.07) is 4.23. The van der Waals surface area contributed by atoms with Crippen molar-refractivity contribution in [2.45, 2.75) is 13.0 Å². The third-order valence-electron chi connectivity index (χ3n) is 2.11. The summed E-state index contributed by atoms with van der Waals surface area (Å²) in [5.41, 5.74) is 6.86. The predicted octanol–water partition coefficient (Wildman–Crippen LogP) is 0.551. The van der Waals surface area contributed by atoms with Gasteiger partial charge in [0.05, 0.1) is 0 Å². The molecule has 0 aliphatic carbocycles. The van der Waals surface area contributed by atoms with Gasteiger partial charge in [0.1, 0.15) is 0 Å². The highest BCUT2D eigenvalue weighted by Crippen LogP contribution is 2.02. The molecule has 74 valence electrons. The van der Waals surface area contributed by atoms with Crippen molar-refractivity contribution in [2.75, 3.05) is 27.2 Å². The van der Waals surface area contributed by atoms with Crippen LogP contribution in [-0.4, -0.2) is 36.7 Å². The lowest BCUT2D eigenvalue weighted by atomic mass is 10.3. The van der Waals surface area contributed by atoms with Gasteiger partial charge in [0.2, 0.25) is 0 Å². The van der Waals surface area contributed by atoms with Crippen molar-refractivity contribution in [1.29, 1.82) is 0 Å². The molecule has 0 aliphatic rings. The zero-order valence-electron chi connectivity index (χ0n) is 8.53. The highest BCUT2D eigenvalue weighted by atomic mass is 15.1. The molecular weight excluding hydrogens is 162 g/mol. The van der Waals surface area contributed by atoms with Gasteiger partial charge in [-0.3, -0.25) is 0 Å². The van der Waals surface area contributed by atoms with Crippen LogP contribution in [0.3, 0.4) is 0 Å². The van der Waals surface area contributed by atoms with Crippen molar-refractivity contribution < 1.29 is 0 Å². The Labute approximate surface area is 80.1 Å². The molecule has 0 bridgehead atoms. The van der Waals surface area contributed by atoms with E-state index in [2.05, 4.69) is 41.9 Å². The molecule has 0 saturated heterocycles. The first-order chi connectivity index (χ1) is 6.24. The lowest BCUT2D eigenvalue weighted by Gasteiger charge is -2.12. The first-order valence-corrected chi connectivity index (χ1v) is 4.73. The number of nitrogens with zero attached hydrogens (tertiary/aromatic N) is 2. The standard InChI is InChI=1S/C10H19N3/c1-12(2)8-9-13-7-3-4-10(13)5-6-11/h3-4,7H,5-6,8-9,11H2,1-2H3. The summed E-state index contributed by atoms with van der Waals surface area (Å²) >= 11 is 0. The van der Waals surface area contributed by atoms with Crippen molar-refractivity contribution in [3.05, 3.63) is 24.0 Å². The predicted molar refractivity (Wildman–Crippen MR) is 55.7 cm³/mol. The van der Waals surface area contributed by atoms with Crippen LogP contribution in [0.5, 0.6) is 0 Å². The fourth-order valence-electron chi connectivity index (χ4n) is 1.35. The minimum absolute atomic E-state index is 0.728. The Morgan fingerprint density at radius 1 is 1.46 bits per heavy atom. The molecule has 0 radical (unpaired) electrons. The Balaban J connectivity index is 2.49. The van der Waals surface area contributed by atoms with Crippen LogP contribution in [0, 0.1) is 0 Å². The normalized spacial score (nSPS) is 11.1. The number of hydrogen-bond donors (Lipinski definition) is 1. The molecule has 1 rings (SSSR count). The summed E-state index contributed by atoms with van der Waals surface area (Å²) < 4.78 is 2.27. The second-order valence-electron chi connectivity index (χ2n) is 3.53. The van der Waals surface area contributed by atoms with Gasteiger partial charge in [0.25, 0.3) is 0 Å². The van der Waals surface area contributed by atoms with Crippen LogP contribution in [-0.2, 0) is 13.0 Å². The van der Waals surface area contributed by atoms with Crippen molar-refractivity contribution >= 4 is 0 Å². The van der Waals surface area contributed by atoms with Gasteiger partial charge < -0.3 is 15.2 Å². The van der Waals surface area contributed by atoms with Gasteiger partial charge in [-0.1, -0.05) is 0 Å². The van der Waals surface area contributed by atoms with Crippen LogP contribution in [0.4, 0.5) is 0 Å². The van der Waals surface area contributed by atoms with Crippen molar-refractivity contribution in [1.82, 2.24) is 9.47 Å². The SMILES string of the molecule is CN(C)CCn1cccc1CCN. The Hall–Kier alpha value is -0.800. The number of likely N-dealkylation sites (N-methyl/N-ethyl adjacent to an activating group) is 1. The largest absolute Gasteiger partial charge is 0.350 e. The quantitative estimate of drug-likeness (QED) is 0.720. The van der Waals surface area contributed by atoms with Crippen molar-refractivity contribution in [2.24, 2.45) is 5.73 Å². The summed E-state index contributed by atoms with van der Waals surface area (Å²) in [6.45, 7) is 2.85. The van der Waals surface area contributed by atoms with Gasteiger partial charge in [-0.05, 0) is 39.2 Å². The molecule has 1 aromatic rings. The highest BCUT2D eigenvalue weighted by molar-refractivity contribution is 5.07. The highest BCUT2D eigenvalue weighted by Gasteiger charge is 1.99. The van der Waals surface area contributed by atoms with E-state index in [9.17, 15) is 0 Å². The Bertz CT molecular complexity index is 240. The second kappa shape index (κ2) is 5.04. The van der Waals surface area contributed by atoms with Crippen LogP contribution in [0.2, 0.25) is 0 Å². The summed E-state index contributed by atoms with van der Waals surface area (Å²) in [5.74, 6) is 0. The molecule has 0 spiro atoms. The fourth-order valence-corrected chi connectivity index (χ4v) is 1.35. The molecule has 0 fully saturated rings. The zero-order chi connectivity index (χ0) is 9.68. The molecule has 1 aromatic heterocycles. The van der Waals surface area contributed by atoms with E-state index in [0.29, 0.717) is 0 Å². The first kappa shape index (κ1) is 10.3. The van der Waals surface area contributed by atoms with Crippen LogP contribution in [0.25, 0.3) is 0 Å². The van der Waals surface area contributed by atoms with Gasteiger partial charge in [-0.25, -0.2) is 0 Å². The van der Waals surface area contributed by atoms with Gasteiger partial charge >= 0.3 is 0 Å². The molecule has 0 amide bonds. The number of rotatable bonds is 5. The summed E-state index contributed by atoms with van der Waals surface area (Å²) in [6.07, 6.45) is 3.09. The van der Waals surface area contributed by atoms with Crippen LogP contribution in [0.1, 0.15) is 5.69 Å². The average molecular weight is 181 g/mol. The monoisotopic (exact) mass is 181 g/mol. The van der Waals surface area contributed by atoms with Gasteiger partial charge in [0, 0.05) is 25.0 Å². The molecule has 1 heterocycles. The first-order valence-electron chi connectivity index (χ1n) is 4.73. The molecule has 2 N–H and O–H groups in total. The Morgan fingerprint density at radius 3 is 2.85 bits per heavy atom. The van der Waals surface area contributed by atoms with E-state index in [1.54, 1.807) is 0 Å². The molecular formula is C10H19N3. The Kier molecular flexibility index (Phi) is 3.99. The number of hydrogen-bond acceptors (Lipinski definition) is 2. The topological polar surface area (TPSA) is 34.2 Å². The van der Waals surface area contributed by atoms with E-state index in [1.165, 1.54) is 5.69 Å². The lowest BCUT2D eigenvalue weighted by Crippen LogP contribution is -2.19. The number of aromatic nitrogens is 1. The fraction of sp³-hybridized carbons (Fsp3) is 0.600. The number of nitrogens with two attached hydrogens (primary N) is 1. The molecule has 0 unspecified atom stereocenters. The van der Waals surface area contributed by atoms with E-state index in [1.807, 2.05) is 0 Å². The molecule has 0 atom stereocenters. The van der Waals surface area contributed by atoms with Crippen molar-refractivity contribution in [3.63, 3.8) is 0 Å². The van der Waals surface area contributed by atoms with Crippen LogP contribution >= 0.6 is 0 Å². The third-order valence-corrected chi connectivity index (χ3v) is 2.11. The van der Waals surface area contributed by atoms with E-state index in [0.717, 1.165) is 26.1 Å². The summed E-state index contributed by atoms with van der Waals surface area (Å²) in [7, 11) is 4.18. The molecule has 3 nitrogen and oxygen atoms in total. The maximum atomic E-state index is 5.52. The maximum absolute atomic E-state index is 5.52. The van der Waals surface area contributed by atoms with E-state index >= 15 is 0 Å². The van der Waals surface area contributed by atoms with Crippen molar-refractivity contribution in [3.8, 4) is 0 Å².